The van der Waals surface area contributed by atoms with Crippen LogP contribution in [0.15, 0.2) is 35.2 Å². The van der Waals surface area contributed by atoms with Gasteiger partial charge in [0.25, 0.3) is 6.43 Å². The van der Waals surface area contributed by atoms with Crippen LogP contribution in [0.5, 0.6) is 11.5 Å². The van der Waals surface area contributed by atoms with Crippen molar-refractivity contribution in [3.63, 3.8) is 0 Å². The largest absolute Gasteiger partial charge is 0.457 e. The zero-order valence-electron chi connectivity index (χ0n) is 11.9. The number of halogens is 7. The summed E-state index contributed by atoms with van der Waals surface area (Å²) in [4.78, 5) is -1.01. The third-order valence-corrected chi connectivity index (χ3v) is 5.22. The Hall–Kier alpha value is -1.74. The molecule has 0 aromatic heterocycles. The van der Waals surface area contributed by atoms with Crippen LogP contribution in [0, 0.1) is 5.82 Å². The van der Waals surface area contributed by atoms with Crippen LogP contribution in [-0.4, -0.2) is 9.46 Å². The predicted molar refractivity (Wildman–Crippen MR) is 78.1 cm³/mol. The molecule has 3 rings (SSSR count). The van der Waals surface area contributed by atoms with E-state index in [2.05, 4.69) is 0 Å². The Balaban J connectivity index is 2.14. The second kappa shape index (κ2) is 6.21. The lowest BCUT2D eigenvalue weighted by Crippen LogP contribution is -2.22. The van der Waals surface area contributed by atoms with Crippen molar-refractivity contribution in [3.05, 3.63) is 52.3 Å². The van der Waals surface area contributed by atoms with E-state index < -0.39 is 56.2 Å². The van der Waals surface area contributed by atoms with E-state index >= 15 is 0 Å². The first-order valence-corrected chi connectivity index (χ1v) is 8.18. The smallest absolute Gasteiger partial charge is 0.360 e. The number of hydrogen-bond acceptors (Lipinski definition) is 2. The highest BCUT2D eigenvalue weighted by Gasteiger charge is 2.57. The molecule has 1 aliphatic heterocycles. The van der Waals surface area contributed by atoms with Crippen LogP contribution in [0.25, 0.3) is 0 Å². The Kier molecular flexibility index (Phi) is 4.48. The molecule has 1 aliphatic rings. The summed E-state index contributed by atoms with van der Waals surface area (Å²) in [6.07, 6.45) is -6.35. The molecule has 2 atom stereocenters. The van der Waals surface area contributed by atoms with Crippen molar-refractivity contribution >= 4 is 22.4 Å². The summed E-state index contributed by atoms with van der Waals surface area (Å²) in [6, 6.07) is 4.51. The average Bonchev–Trinajstić information content (AvgIpc) is 2.67. The van der Waals surface area contributed by atoms with Crippen LogP contribution in [0.2, 0.25) is 5.02 Å². The van der Waals surface area contributed by atoms with Crippen molar-refractivity contribution in [1.82, 2.24) is 0 Å². The van der Waals surface area contributed by atoms with Crippen LogP contribution in [0.4, 0.5) is 26.3 Å². The van der Waals surface area contributed by atoms with Gasteiger partial charge in [-0.15, -0.1) is 0 Å². The van der Waals surface area contributed by atoms with Gasteiger partial charge in [-0.3, -0.25) is 0 Å². The van der Waals surface area contributed by atoms with Crippen molar-refractivity contribution in [2.45, 2.75) is 22.7 Å². The third kappa shape index (κ3) is 2.99. The maximum atomic E-state index is 13.8. The summed E-state index contributed by atoms with van der Waals surface area (Å²) in [5, 5.41) is -4.42. The van der Waals surface area contributed by atoms with Gasteiger partial charge in [0.15, 0.2) is 0 Å². The van der Waals surface area contributed by atoms with Gasteiger partial charge in [0, 0.05) is 16.7 Å². The van der Waals surface area contributed by atoms with Crippen molar-refractivity contribution in [2.24, 2.45) is 0 Å². The highest BCUT2D eigenvalue weighted by Crippen LogP contribution is 2.53. The minimum atomic E-state index is -4.33. The SMILES string of the molecule is O=S1c2c(ccc(Oc3cc(F)cc(Cl)c3)c2C(F)F)C(F)C1(F)F. The lowest BCUT2D eigenvalue weighted by atomic mass is 10.1. The minimum absolute atomic E-state index is 0.0892. The Labute approximate surface area is 144 Å². The fourth-order valence-corrected chi connectivity index (χ4v) is 4.00. The zero-order chi connectivity index (χ0) is 18.5. The molecule has 0 saturated carbocycles. The number of alkyl halides is 5. The molecular weight excluding hydrogens is 394 g/mol. The first kappa shape index (κ1) is 18.1. The van der Waals surface area contributed by atoms with Gasteiger partial charge in [-0.2, -0.15) is 8.78 Å². The maximum Gasteiger partial charge on any atom is 0.360 e. The molecule has 25 heavy (non-hydrogen) atoms. The zero-order valence-corrected chi connectivity index (χ0v) is 13.5. The summed E-state index contributed by atoms with van der Waals surface area (Å²) >= 11 is 5.63. The van der Waals surface area contributed by atoms with Gasteiger partial charge in [0.05, 0.1) is 10.5 Å². The van der Waals surface area contributed by atoms with Crippen molar-refractivity contribution in [3.8, 4) is 11.5 Å². The molecule has 0 bridgehead atoms. The molecule has 134 valence electrons. The van der Waals surface area contributed by atoms with Gasteiger partial charge >= 0.3 is 5.25 Å². The Morgan fingerprint density at radius 3 is 2.48 bits per heavy atom. The summed E-state index contributed by atoms with van der Waals surface area (Å²) in [5.74, 6) is -1.74. The number of fused-ring (bicyclic) bond motifs is 1. The van der Waals surface area contributed by atoms with Crippen LogP contribution >= 0.6 is 11.6 Å². The molecule has 0 amide bonds. The van der Waals surface area contributed by atoms with Gasteiger partial charge in [0.1, 0.15) is 28.1 Å². The van der Waals surface area contributed by atoms with Gasteiger partial charge in [-0.25, -0.2) is 21.8 Å². The van der Waals surface area contributed by atoms with E-state index in [1.165, 1.54) is 0 Å². The number of benzene rings is 2. The van der Waals surface area contributed by atoms with Crippen LogP contribution in [-0.2, 0) is 10.8 Å². The van der Waals surface area contributed by atoms with Crippen molar-refractivity contribution < 1.29 is 35.3 Å². The quantitative estimate of drug-likeness (QED) is 0.596. The molecule has 10 heteroatoms. The second-order valence-electron chi connectivity index (χ2n) is 5.10. The maximum absolute atomic E-state index is 13.8. The Morgan fingerprint density at radius 2 is 1.88 bits per heavy atom. The van der Waals surface area contributed by atoms with Crippen LogP contribution < -0.4 is 4.74 Å². The third-order valence-electron chi connectivity index (χ3n) is 3.47. The molecule has 1 heterocycles. The molecular formula is C15H7ClF6O2S. The van der Waals surface area contributed by atoms with E-state index in [1.54, 1.807) is 0 Å². The predicted octanol–water partition coefficient (Wildman–Crippen LogP) is 5.93. The number of ether oxygens (including phenoxy) is 1. The summed E-state index contributed by atoms with van der Waals surface area (Å²) in [5.41, 5.74) is -1.92. The van der Waals surface area contributed by atoms with Crippen LogP contribution in [0.1, 0.15) is 23.7 Å². The highest BCUT2D eigenvalue weighted by molar-refractivity contribution is 7.86. The van der Waals surface area contributed by atoms with E-state index in [0.717, 1.165) is 30.3 Å². The summed E-state index contributed by atoms with van der Waals surface area (Å²) < 4.78 is 98.0. The van der Waals surface area contributed by atoms with Gasteiger partial charge < -0.3 is 4.74 Å². The Morgan fingerprint density at radius 1 is 1.20 bits per heavy atom. The van der Waals surface area contributed by atoms with Crippen molar-refractivity contribution in [2.75, 3.05) is 0 Å². The van der Waals surface area contributed by atoms with Gasteiger partial charge in [-0.05, 0) is 18.2 Å². The van der Waals surface area contributed by atoms with E-state index in [9.17, 15) is 30.6 Å². The fourth-order valence-electron chi connectivity index (χ4n) is 2.43. The number of hydrogen-bond donors (Lipinski definition) is 0. The fraction of sp³-hybridized carbons (Fsp3) is 0.200. The molecule has 0 saturated heterocycles. The normalized spacial score (nSPS) is 21.4. The first-order valence-electron chi connectivity index (χ1n) is 6.65. The standard InChI is InChI=1S/C15H7ClF6O2S/c16-6-3-7(17)5-8(4-6)24-10-2-1-9-12(11(10)14(19)20)25(23)15(21,22)13(9)18/h1-5,13-14H. The summed E-state index contributed by atoms with van der Waals surface area (Å²) in [6.45, 7) is 0. The molecule has 2 unspecified atom stereocenters. The van der Waals surface area contributed by atoms with Crippen LogP contribution in [0.3, 0.4) is 0 Å². The van der Waals surface area contributed by atoms with E-state index in [4.69, 9.17) is 16.3 Å². The first-order chi connectivity index (χ1) is 11.6. The molecule has 0 fully saturated rings. The highest BCUT2D eigenvalue weighted by atomic mass is 35.5. The van der Waals surface area contributed by atoms with E-state index in [0.29, 0.717) is 0 Å². The Bertz CT molecular complexity index is 853. The molecule has 0 radical (unpaired) electrons. The molecule has 2 aromatic rings. The molecule has 0 N–H and O–H groups in total. The summed E-state index contributed by atoms with van der Waals surface area (Å²) in [7, 11) is -3.32. The molecule has 2 aromatic carbocycles. The lowest BCUT2D eigenvalue weighted by molar-refractivity contribution is 0.0143. The van der Waals surface area contributed by atoms with E-state index in [1.807, 2.05) is 0 Å². The molecule has 0 aliphatic carbocycles. The average molecular weight is 401 g/mol. The molecule has 2 nitrogen and oxygen atoms in total. The minimum Gasteiger partial charge on any atom is -0.457 e. The monoisotopic (exact) mass is 400 g/mol. The van der Waals surface area contributed by atoms with Gasteiger partial charge in [0.2, 0.25) is 6.17 Å². The van der Waals surface area contributed by atoms with Gasteiger partial charge in [-0.1, -0.05) is 17.7 Å². The van der Waals surface area contributed by atoms with Crippen molar-refractivity contribution in [1.29, 1.82) is 0 Å². The lowest BCUT2D eigenvalue weighted by Gasteiger charge is -2.14. The van der Waals surface area contributed by atoms with E-state index in [-0.39, 0.29) is 10.8 Å². The topological polar surface area (TPSA) is 26.3 Å². The second-order valence-corrected chi connectivity index (χ2v) is 7.02. The molecule has 0 spiro atoms. The number of rotatable bonds is 3.